The zero-order valence-corrected chi connectivity index (χ0v) is 15.5. The number of sulfonamides is 1. The first-order chi connectivity index (χ1) is 11.3. The first-order valence-electron chi connectivity index (χ1n) is 8.28. The van der Waals surface area contributed by atoms with Crippen LogP contribution < -0.4 is 9.46 Å². The van der Waals surface area contributed by atoms with E-state index in [1.807, 2.05) is 0 Å². The van der Waals surface area contributed by atoms with E-state index in [1.165, 1.54) is 12.1 Å². The van der Waals surface area contributed by atoms with Crippen molar-refractivity contribution >= 4 is 19.9 Å². The van der Waals surface area contributed by atoms with Crippen LogP contribution in [0.1, 0.15) is 39.0 Å². The number of sulfone groups is 1. The Kier molecular flexibility index (Phi) is 6.65. The molecule has 0 heterocycles. The minimum Gasteiger partial charge on any atom is -0.493 e. The number of nitrogens with one attached hydrogen (secondary N) is 1. The zero-order valence-electron chi connectivity index (χ0n) is 13.9. The lowest BCUT2D eigenvalue weighted by Crippen LogP contribution is -2.36. The third kappa shape index (κ3) is 5.75. The second-order valence-electron chi connectivity index (χ2n) is 6.01. The Hall–Kier alpha value is -1.12. The summed E-state index contributed by atoms with van der Waals surface area (Å²) in [6.45, 7) is 1.65. The lowest BCUT2D eigenvalue weighted by Gasteiger charge is -2.22. The monoisotopic (exact) mass is 375 g/mol. The predicted octanol–water partition coefficient (Wildman–Crippen LogP) is 2.11. The molecule has 1 aromatic carbocycles. The van der Waals surface area contributed by atoms with Gasteiger partial charge in [0, 0.05) is 11.8 Å². The molecule has 1 aliphatic rings. The Bertz CT molecular complexity index is 720. The highest BCUT2D eigenvalue weighted by Crippen LogP contribution is 2.21. The largest absolute Gasteiger partial charge is 0.493 e. The minimum absolute atomic E-state index is 0.0129. The van der Waals surface area contributed by atoms with Crippen molar-refractivity contribution in [1.29, 1.82) is 0 Å². The maximum Gasteiger partial charge on any atom is 0.240 e. The summed E-state index contributed by atoms with van der Waals surface area (Å²) in [7, 11) is -6.59. The molecule has 0 atom stereocenters. The summed E-state index contributed by atoms with van der Waals surface area (Å²) < 4.78 is 55.6. The molecule has 0 bridgehead atoms. The van der Waals surface area contributed by atoms with Gasteiger partial charge in [0.1, 0.15) is 12.4 Å². The molecule has 24 heavy (non-hydrogen) atoms. The van der Waals surface area contributed by atoms with Crippen LogP contribution >= 0.6 is 0 Å². The molecule has 0 aromatic heterocycles. The van der Waals surface area contributed by atoms with E-state index in [9.17, 15) is 16.8 Å². The van der Waals surface area contributed by atoms with Crippen LogP contribution in [0.5, 0.6) is 5.75 Å². The fraction of sp³-hybridized carbons (Fsp3) is 0.625. The van der Waals surface area contributed by atoms with Crippen LogP contribution in [0, 0.1) is 0 Å². The van der Waals surface area contributed by atoms with Gasteiger partial charge >= 0.3 is 0 Å². The molecule has 0 radical (unpaired) electrons. The Balaban J connectivity index is 1.92. The number of rotatable bonds is 8. The van der Waals surface area contributed by atoms with Crippen LogP contribution in [0.15, 0.2) is 29.2 Å². The lowest BCUT2D eigenvalue weighted by molar-refractivity contribution is 0.340. The second-order valence-corrected chi connectivity index (χ2v) is 10.2. The van der Waals surface area contributed by atoms with Crippen LogP contribution in [-0.2, 0) is 19.9 Å². The first-order valence-corrected chi connectivity index (χ1v) is 11.6. The van der Waals surface area contributed by atoms with Gasteiger partial charge < -0.3 is 4.74 Å². The molecule has 1 fully saturated rings. The molecule has 0 unspecified atom stereocenters. The molecule has 0 saturated heterocycles. The highest BCUT2D eigenvalue weighted by Gasteiger charge is 2.21. The van der Waals surface area contributed by atoms with E-state index in [-0.39, 0.29) is 29.0 Å². The first kappa shape index (κ1) is 19.2. The maximum atomic E-state index is 12.4. The van der Waals surface area contributed by atoms with E-state index < -0.39 is 19.9 Å². The van der Waals surface area contributed by atoms with Crippen molar-refractivity contribution < 1.29 is 21.6 Å². The number of hydrogen-bond donors (Lipinski definition) is 1. The van der Waals surface area contributed by atoms with Crippen LogP contribution in [0.3, 0.4) is 0 Å². The average Bonchev–Trinajstić information content (AvgIpc) is 2.56. The van der Waals surface area contributed by atoms with Gasteiger partial charge in [-0.3, -0.25) is 0 Å². The van der Waals surface area contributed by atoms with Crippen molar-refractivity contribution in [3.05, 3.63) is 24.3 Å². The van der Waals surface area contributed by atoms with Gasteiger partial charge in [-0.15, -0.1) is 0 Å². The van der Waals surface area contributed by atoms with Gasteiger partial charge in [-0.25, -0.2) is 21.6 Å². The second kappa shape index (κ2) is 8.31. The summed E-state index contributed by atoms with van der Waals surface area (Å²) in [5, 5.41) is 0. The molecular weight excluding hydrogens is 350 g/mol. The zero-order chi connectivity index (χ0) is 17.6. The van der Waals surface area contributed by atoms with E-state index >= 15 is 0 Å². The summed E-state index contributed by atoms with van der Waals surface area (Å²) in [5.74, 6) is 0.491. The Morgan fingerprint density at radius 1 is 1.04 bits per heavy atom. The molecule has 136 valence electrons. The highest BCUT2D eigenvalue weighted by atomic mass is 32.2. The topological polar surface area (TPSA) is 89.5 Å². The SMILES string of the molecule is CCS(=O)(=O)CCOc1ccc(S(=O)(=O)NC2CCCCC2)cc1. The summed E-state index contributed by atoms with van der Waals surface area (Å²) in [5.41, 5.74) is 0. The summed E-state index contributed by atoms with van der Waals surface area (Å²) >= 11 is 0. The molecular formula is C16H25NO5S2. The highest BCUT2D eigenvalue weighted by molar-refractivity contribution is 7.91. The van der Waals surface area contributed by atoms with Crippen molar-refractivity contribution in [2.45, 2.75) is 50.0 Å². The van der Waals surface area contributed by atoms with Crippen LogP contribution in [0.2, 0.25) is 0 Å². The molecule has 6 nitrogen and oxygen atoms in total. The molecule has 1 aromatic rings. The summed E-state index contributed by atoms with van der Waals surface area (Å²) in [4.78, 5) is 0.196. The third-order valence-electron chi connectivity index (χ3n) is 4.16. The van der Waals surface area contributed by atoms with Gasteiger partial charge in [0.25, 0.3) is 0 Å². The molecule has 1 saturated carbocycles. The van der Waals surface area contributed by atoms with Gasteiger partial charge in [0.05, 0.1) is 10.6 Å². The van der Waals surface area contributed by atoms with Crippen LogP contribution in [-0.4, -0.2) is 41.0 Å². The average molecular weight is 376 g/mol. The number of ether oxygens (including phenoxy) is 1. The molecule has 2 rings (SSSR count). The van der Waals surface area contributed by atoms with Crippen molar-refractivity contribution in [2.75, 3.05) is 18.1 Å². The Labute approximate surface area is 144 Å². The van der Waals surface area contributed by atoms with E-state index in [0.29, 0.717) is 5.75 Å². The van der Waals surface area contributed by atoms with E-state index in [1.54, 1.807) is 19.1 Å². The van der Waals surface area contributed by atoms with Crippen molar-refractivity contribution in [1.82, 2.24) is 4.72 Å². The molecule has 0 amide bonds. The van der Waals surface area contributed by atoms with Crippen molar-refractivity contribution in [3.63, 3.8) is 0 Å². The van der Waals surface area contributed by atoms with E-state index in [4.69, 9.17) is 4.74 Å². The van der Waals surface area contributed by atoms with Crippen molar-refractivity contribution in [2.24, 2.45) is 0 Å². The molecule has 0 aliphatic heterocycles. The Morgan fingerprint density at radius 2 is 1.67 bits per heavy atom. The van der Waals surface area contributed by atoms with Crippen molar-refractivity contribution in [3.8, 4) is 5.75 Å². The number of benzene rings is 1. The Morgan fingerprint density at radius 3 is 2.25 bits per heavy atom. The molecule has 1 aliphatic carbocycles. The maximum absolute atomic E-state index is 12.4. The lowest BCUT2D eigenvalue weighted by atomic mass is 9.96. The van der Waals surface area contributed by atoms with E-state index in [0.717, 1.165) is 32.1 Å². The van der Waals surface area contributed by atoms with Crippen LogP contribution in [0.4, 0.5) is 0 Å². The molecule has 8 heteroatoms. The predicted molar refractivity (Wildman–Crippen MR) is 93.5 cm³/mol. The fourth-order valence-electron chi connectivity index (χ4n) is 2.65. The fourth-order valence-corrected chi connectivity index (χ4v) is 4.58. The van der Waals surface area contributed by atoms with Gasteiger partial charge in [-0.05, 0) is 37.1 Å². The van der Waals surface area contributed by atoms with Gasteiger partial charge in [-0.1, -0.05) is 26.2 Å². The normalized spacial score (nSPS) is 16.9. The quantitative estimate of drug-likeness (QED) is 0.752. The van der Waals surface area contributed by atoms with E-state index in [2.05, 4.69) is 4.72 Å². The van der Waals surface area contributed by atoms with Gasteiger partial charge in [-0.2, -0.15) is 0 Å². The van der Waals surface area contributed by atoms with Crippen LogP contribution in [0.25, 0.3) is 0 Å². The molecule has 0 spiro atoms. The molecule has 1 N–H and O–H groups in total. The van der Waals surface area contributed by atoms with Gasteiger partial charge in [0.15, 0.2) is 9.84 Å². The standard InChI is InChI=1S/C16H25NO5S2/c1-2-23(18,19)13-12-22-15-8-10-16(11-9-15)24(20,21)17-14-6-4-3-5-7-14/h8-11,14,17H,2-7,12-13H2,1H3. The third-order valence-corrected chi connectivity index (χ3v) is 7.37. The van der Waals surface area contributed by atoms with Gasteiger partial charge in [0.2, 0.25) is 10.0 Å². The summed E-state index contributed by atoms with van der Waals surface area (Å²) in [6.07, 6.45) is 5.04. The minimum atomic E-state index is -3.53. The summed E-state index contributed by atoms with van der Waals surface area (Å²) in [6, 6.07) is 6.07. The number of hydrogen-bond acceptors (Lipinski definition) is 5. The smallest absolute Gasteiger partial charge is 0.240 e.